The minimum absolute atomic E-state index is 0.432. The van der Waals surface area contributed by atoms with Gasteiger partial charge in [0.1, 0.15) is 0 Å². The van der Waals surface area contributed by atoms with E-state index >= 15 is 0 Å². The van der Waals surface area contributed by atoms with Crippen LogP contribution in [-0.2, 0) is 0 Å². The van der Waals surface area contributed by atoms with E-state index in [1.807, 2.05) is 0 Å². The van der Waals surface area contributed by atoms with Gasteiger partial charge in [0.2, 0.25) is 0 Å². The number of imidazole rings is 1. The third-order valence-corrected chi connectivity index (χ3v) is 4.71. The predicted molar refractivity (Wildman–Crippen MR) is 69.1 cm³/mol. The van der Waals surface area contributed by atoms with Crippen molar-refractivity contribution in [2.75, 3.05) is 13.1 Å². The maximum atomic E-state index is 4.41. The molecule has 2 heterocycles. The maximum absolute atomic E-state index is 4.41. The van der Waals surface area contributed by atoms with Crippen molar-refractivity contribution in [1.82, 2.24) is 14.9 Å². The molecule has 1 aliphatic carbocycles. The Morgan fingerprint density at radius 3 is 2.94 bits per heavy atom. The molecule has 2 fully saturated rings. The fourth-order valence-electron chi connectivity index (χ4n) is 3.62. The molecular weight excluding hydrogens is 210 g/mol. The first-order chi connectivity index (χ1) is 8.18. The molecule has 1 aromatic heterocycles. The Labute approximate surface area is 104 Å². The van der Waals surface area contributed by atoms with Crippen LogP contribution in [0.1, 0.15) is 57.2 Å². The van der Waals surface area contributed by atoms with E-state index in [1.165, 1.54) is 31.4 Å². The van der Waals surface area contributed by atoms with Gasteiger partial charge in [0, 0.05) is 30.4 Å². The molecule has 0 bridgehead atoms. The summed E-state index contributed by atoms with van der Waals surface area (Å²) in [5, 5.41) is 3.46. The molecule has 1 saturated carbocycles. The second-order valence-electron chi connectivity index (χ2n) is 6.31. The van der Waals surface area contributed by atoms with E-state index in [4.69, 9.17) is 0 Å². The summed E-state index contributed by atoms with van der Waals surface area (Å²) in [7, 11) is 0. The van der Waals surface area contributed by atoms with Crippen molar-refractivity contribution >= 4 is 0 Å². The van der Waals surface area contributed by atoms with Crippen LogP contribution in [0.15, 0.2) is 12.5 Å². The average Bonchev–Trinajstić information content (AvgIpc) is 2.94. The highest BCUT2D eigenvalue weighted by Crippen LogP contribution is 2.46. The molecule has 2 unspecified atom stereocenters. The van der Waals surface area contributed by atoms with E-state index < -0.39 is 0 Å². The molecule has 17 heavy (non-hydrogen) atoms. The summed E-state index contributed by atoms with van der Waals surface area (Å²) >= 11 is 0. The van der Waals surface area contributed by atoms with Crippen molar-refractivity contribution in [2.24, 2.45) is 5.41 Å². The summed E-state index contributed by atoms with van der Waals surface area (Å²) in [4.78, 5) is 4.41. The second kappa shape index (κ2) is 4.13. The first-order valence-electron chi connectivity index (χ1n) is 6.91. The molecule has 0 aromatic carbocycles. The summed E-state index contributed by atoms with van der Waals surface area (Å²) < 4.78 is 2.48. The van der Waals surface area contributed by atoms with Crippen molar-refractivity contribution in [3.8, 4) is 0 Å². The summed E-state index contributed by atoms with van der Waals surface area (Å²) in [6, 6.07) is 0.653. The smallest absolute Gasteiger partial charge is 0.0951 e. The molecule has 1 aromatic rings. The van der Waals surface area contributed by atoms with Gasteiger partial charge in [-0.15, -0.1) is 0 Å². The van der Waals surface area contributed by atoms with Crippen LogP contribution in [0.5, 0.6) is 0 Å². The lowest BCUT2D eigenvalue weighted by atomic mass is 9.87. The first kappa shape index (κ1) is 11.3. The average molecular weight is 233 g/mol. The summed E-state index contributed by atoms with van der Waals surface area (Å²) in [6.45, 7) is 7.09. The summed E-state index contributed by atoms with van der Waals surface area (Å²) in [5.74, 6) is 0.675. The van der Waals surface area contributed by atoms with Crippen LogP contribution in [0, 0.1) is 5.41 Å². The van der Waals surface area contributed by atoms with Crippen molar-refractivity contribution in [1.29, 1.82) is 0 Å². The molecule has 3 rings (SSSR count). The predicted octanol–water partition coefficient (Wildman–Crippen LogP) is 2.71. The number of rotatable bonds is 2. The Kier molecular flexibility index (Phi) is 2.74. The molecule has 1 N–H and O–H groups in total. The highest BCUT2D eigenvalue weighted by molar-refractivity contribution is 5.12. The molecule has 0 spiro atoms. The Morgan fingerprint density at radius 1 is 1.41 bits per heavy atom. The van der Waals surface area contributed by atoms with Gasteiger partial charge < -0.3 is 9.88 Å². The van der Waals surface area contributed by atoms with Gasteiger partial charge in [0.05, 0.1) is 6.33 Å². The van der Waals surface area contributed by atoms with Crippen molar-refractivity contribution in [3.05, 3.63) is 18.2 Å². The Morgan fingerprint density at radius 2 is 2.29 bits per heavy atom. The second-order valence-corrected chi connectivity index (χ2v) is 6.31. The van der Waals surface area contributed by atoms with Crippen LogP contribution in [0.3, 0.4) is 0 Å². The molecular formula is C14H23N3. The standard InChI is InChI=1S/C14H23N3/c1-14(2)6-3-4-13(14)17-10-16-9-12(17)11-5-7-15-8-11/h9-11,13,15H,3-8H2,1-2H3. The minimum atomic E-state index is 0.432. The maximum Gasteiger partial charge on any atom is 0.0951 e. The van der Waals surface area contributed by atoms with E-state index in [2.05, 4.69) is 41.2 Å². The lowest BCUT2D eigenvalue weighted by Gasteiger charge is -2.30. The lowest BCUT2D eigenvalue weighted by molar-refractivity contribution is 0.254. The third kappa shape index (κ3) is 1.90. The zero-order chi connectivity index (χ0) is 11.9. The van der Waals surface area contributed by atoms with Gasteiger partial charge in [-0.05, 0) is 31.2 Å². The monoisotopic (exact) mass is 233 g/mol. The van der Waals surface area contributed by atoms with Gasteiger partial charge in [0.25, 0.3) is 0 Å². The molecule has 3 heteroatoms. The fraction of sp³-hybridized carbons (Fsp3) is 0.786. The Balaban J connectivity index is 1.90. The zero-order valence-electron chi connectivity index (χ0n) is 10.9. The fourth-order valence-corrected chi connectivity index (χ4v) is 3.62. The quantitative estimate of drug-likeness (QED) is 0.851. The number of hydrogen-bond acceptors (Lipinski definition) is 2. The SMILES string of the molecule is CC1(C)CCCC1n1cncc1C1CCNC1. The van der Waals surface area contributed by atoms with Gasteiger partial charge in [-0.1, -0.05) is 20.3 Å². The van der Waals surface area contributed by atoms with Gasteiger partial charge in [0.15, 0.2) is 0 Å². The van der Waals surface area contributed by atoms with E-state index in [1.54, 1.807) is 0 Å². The highest BCUT2D eigenvalue weighted by atomic mass is 15.1. The summed E-state index contributed by atoms with van der Waals surface area (Å²) in [5.41, 5.74) is 1.89. The topological polar surface area (TPSA) is 29.9 Å². The van der Waals surface area contributed by atoms with Crippen LogP contribution in [0.2, 0.25) is 0 Å². The van der Waals surface area contributed by atoms with Crippen molar-refractivity contribution in [3.63, 3.8) is 0 Å². The Bertz CT molecular complexity index is 388. The van der Waals surface area contributed by atoms with E-state index in [9.17, 15) is 0 Å². The molecule has 2 atom stereocenters. The normalized spacial score (nSPS) is 32.1. The Hall–Kier alpha value is -0.830. The zero-order valence-corrected chi connectivity index (χ0v) is 10.9. The summed E-state index contributed by atoms with van der Waals surface area (Å²) in [6.07, 6.45) is 9.43. The molecule has 0 amide bonds. The van der Waals surface area contributed by atoms with Gasteiger partial charge >= 0.3 is 0 Å². The van der Waals surface area contributed by atoms with E-state index in [-0.39, 0.29) is 0 Å². The van der Waals surface area contributed by atoms with Crippen LogP contribution < -0.4 is 5.32 Å². The molecule has 0 radical (unpaired) electrons. The molecule has 2 aliphatic rings. The highest BCUT2D eigenvalue weighted by Gasteiger charge is 2.37. The van der Waals surface area contributed by atoms with Crippen LogP contribution in [-0.4, -0.2) is 22.6 Å². The van der Waals surface area contributed by atoms with Gasteiger partial charge in [-0.3, -0.25) is 0 Å². The van der Waals surface area contributed by atoms with E-state index in [0.29, 0.717) is 17.4 Å². The van der Waals surface area contributed by atoms with Crippen molar-refractivity contribution < 1.29 is 0 Å². The number of nitrogens with zero attached hydrogens (tertiary/aromatic N) is 2. The molecule has 3 nitrogen and oxygen atoms in total. The third-order valence-electron chi connectivity index (χ3n) is 4.71. The largest absolute Gasteiger partial charge is 0.331 e. The van der Waals surface area contributed by atoms with Crippen LogP contribution in [0.25, 0.3) is 0 Å². The molecule has 1 saturated heterocycles. The van der Waals surface area contributed by atoms with Gasteiger partial charge in [-0.25, -0.2) is 4.98 Å². The van der Waals surface area contributed by atoms with Crippen LogP contribution >= 0.6 is 0 Å². The molecule has 1 aliphatic heterocycles. The van der Waals surface area contributed by atoms with Crippen molar-refractivity contribution in [2.45, 2.75) is 51.5 Å². The van der Waals surface area contributed by atoms with E-state index in [0.717, 1.165) is 13.1 Å². The first-order valence-corrected chi connectivity index (χ1v) is 6.91. The number of aromatic nitrogens is 2. The lowest BCUT2D eigenvalue weighted by Crippen LogP contribution is -2.23. The molecule has 94 valence electrons. The van der Waals surface area contributed by atoms with Gasteiger partial charge in [-0.2, -0.15) is 0 Å². The number of hydrogen-bond donors (Lipinski definition) is 1. The van der Waals surface area contributed by atoms with Crippen LogP contribution in [0.4, 0.5) is 0 Å². The number of nitrogens with one attached hydrogen (secondary N) is 1. The minimum Gasteiger partial charge on any atom is -0.331 e.